The second-order valence-electron chi connectivity index (χ2n) is 5.90. The van der Waals surface area contributed by atoms with E-state index >= 15 is 0 Å². The Morgan fingerprint density at radius 3 is 2.68 bits per heavy atom. The lowest BCUT2D eigenvalue weighted by Gasteiger charge is -2.26. The van der Waals surface area contributed by atoms with Crippen molar-refractivity contribution < 1.29 is 13.2 Å². The smallest absolute Gasteiger partial charge is 0.274 e. The van der Waals surface area contributed by atoms with Crippen molar-refractivity contribution in [2.45, 2.75) is 19.4 Å². The third-order valence-electron chi connectivity index (χ3n) is 4.15. The summed E-state index contributed by atoms with van der Waals surface area (Å²) < 4.78 is 23.5. The van der Waals surface area contributed by atoms with E-state index in [-0.39, 0.29) is 29.1 Å². The number of rotatable bonds is 5. The molecule has 0 radical (unpaired) electrons. The first kappa shape index (κ1) is 17.3. The molecule has 1 aliphatic rings. The van der Waals surface area contributed by atoms with Crippen LogP contribution in [-0.4, -0.2) is 48.4 Å². The molecule has 132 valence electrons. The molecule has 1 amide bonds. The van der Waals surface area contributed by atoms with Crippen LogP contribution in [0.1, 0.15) is 23.8 Å². The number of nitrogens with one attached hydrogen (secondary N) is 1. The number of benzene rings is 1. The number of hydrogen-bond donors (Lipinski definition) is 1. The Bertz CT molecular complexity index is 855. The third kappa shape index (κ3) is 4.14. The van der Waals surface area contributed by atoms with Crippen LogP contribution in [0.2, 0.25) is 0 Å². The van der Waals surface area contributed by atoms with E-state index in [1.165, 1.54) is 6.20 Å². The minimum absolute atomic E-state index is 0.102. The average Bonchev–Trinajstić information content (AvgIpc) is 2.96. The maximum atomic E-state index is 12.4. The normalized spacial score (nSPS) is 18.7. The van der Waals surface area contributed by atoms with Crippen LogP contribution in [0.4, 0.5) is 11.6 Å². The summed E-state index contributed by atoms with van der Waals surface area (Å²) in [5, 5.41) is 2.78. The molecule has 2 aromatic rings. The van der Waals surface area contributed by atoms with Crippen molar-refractivity contribution in [2.75, 3.05) is 28.3 Å². The summed E-state index contributed by atoms with van der Waals surface area (Å²) in [5.74, 6) is 0.336. The average molecular weight is 360 g/mol. The van der Waals surface area contributed by atoms with Crippen LogP contribution in [0.15, 0.2) is 42.6 Å². The Balaban J connectivity index is 1.79. The zero-order valence-electron chi connectivity index (χ0n) is 13.9. The first-order valence-corrected chi connectivity index (χ1v) is 9.97. The monoisotopic (exact) mass is 360 g/mol. The fraction of sp³-hybridized carbons (Fsp3) is 0.353. The second-order valence-corrected chi connectivity index (χ2v) is 8.13. The summed E-state index contributed by atoms with van der Waals surface area (Å²) in [6, 6.07) is 10.5. The van der Waals surface area contributed by atoms with Crippen LogP contribution in [0.3, 0.4) is 0 Å². The molecule has 0 bridgehead atoms. The van der Waals surface area contributed by atoms with Gasteiger partial charge in [0.1, 0.15) is 5.69 Å². The van der Waals surface area contributed by atoms with Gasteiger partial charge in [-0.1, -0.05) is 18.2 Å². The molecule has 1 aromatic carbocycles. The largest absolute Gasteiger partial charge is 0.337 e. The number of amides is 1. The predicted molar refractivity (Wildman–Crippen MR) is 96.5 cm³/mol. The zero-order valence-corrected chi connectivity index (χ0v) is 14.7. The SMILES string of the molecule is CCN(c1nccc(C(=O)Nc2ccccc2)n1)C1CCS(=O)(=O)C1. The maximum absolute atomic E-state index is 12.4. The van der Waals surface area contributed by atoms with Gasteiger partial charge < -0.3 is 10.2 Å². The number of carbonyl (C=O) groups excluding carboxylic acids is 1. The first-order valence-electron chi connectivity index (χ1n) is 8.15. The maximum Gasteiger partial charge on any atom is 0.274 e. The van der Waals surface area contributed by atoms with Crippen molar-refractivity contribution in [3.05, 3.63) is 48.3 Å². The van der Waals surface area contributed by atoms with Crippen molar-refractivity contribution in [3.63, 3.8) is 0 Å². The Labute approximate surface area is 147 Å². The minimum Gasteiger partial charge on any atom is -0.337 e. The van der Waals surface area contributed by atoms with Gasteiger partial charge in [-0.3, -0.25) is 4.79 Å². The summed E-state index contributed by atoms with van der Waals surface area (Å²) >= 11 is 0. The van der Waals surface area contributed by atoms with E-state index in [1.807, 2.05) is 30.0 Å². The zero-order chi connectivity index (χ0) is 17.9. The molecule has 1 fully saturated rings. The molecule has 0 saturated carbocycles. The van der Waals surface area contributed by atoms with Gasteiger partial charge in [0.15, 0.2) is 9.84 Å². The molecule has 0 aliphatic carbocycles. The van der Waals surface area contributed by atoms with Gasteiger partial charge >= 0.3 is 0 Å². The van der Waals surface area contributed by atoms with Crippen LogP contribution < -0.4 is 10.2 Å². The van der Waals surface area contributed by atoms with Crippen LogP contribution in [0.5, 0.6) is 0 Å². The Morgan fingerprint density at radius 1 is 1.28 bits per heavy atom. The molecule has 1 aromatic heterocycles. The van der Waals surface area contributed by atoms with Gasteiger partial charge in [0.2, 0.25) is 5.95 Å². The van der Waals surface area contributed by atoms with Crippen LogP contribution >= 0.6 is 0 Å². The molecule has 25 heavy (non-hydrogen) atoms. The number of anilines is 2. The quantitative estimate of drug-likeness (QED) is 0.873. The molecule has 8 heteroatoms. The van der Waals surface area contributed by atoms with Gasteiger partial charge in [-0.15, -0.1) is 0 Å². The number of para-hydroxylation sites is 1. The number of carbonyl (C=O) groups is 1. The molecule has 1 unspecified atom stereocenters. The van der Waals surface area contributed by atoms with E-state index in [0.29, 0.717) is 24.6 Å². The van der Waals surface area contributed by atoms with Crippen molar-refractivity contribution in [1.82, 2.24) is 9.97 Å². The molecule has 2 heterocycles. The molecule has 1 saturated heterocycles. The van der Waals surface area contributed by atoms with E-state index < -0.39 is 9.84 Å². The molecule has 0 spiro atoms. The minimum atomic E-state index is -3.00. The van der Waals surface area contributed by atoms with E-state index in [2.05, 4.69) is 15.3 Å². The van der Waals surface area contributed by atoms with Gasteiger partial charge in [-0.25, -0.2) is 18.4 Å². The van der Waals surface area contributed by atoms with Gasteiger partial charge in [0.25, 0.3) is 5.91 Å². The predicted octanol–water partition coefficient (Wildman–Crippen LogP) is 1.74. The van der Waals surface area contributed by atoms with E-state index in [4.69, 9.17) is 0 Å². The molecular formula is C17H20N4O3S. The highest BCUT2D eigenvalue weighted by Crippen LogP contribution is 2.21. The summed E-state index contributed by atoms with van der Waals surface area (Å²) in [7, 11) is -3.00. The molecule has 1 aliphatic heterocycles. The highest BCUT2D eigenvalue weighted by atomic mass is 32.2. The summed E-state index contributed by atoms with van der Waals surface area (Å²) in [4.78, 5) is 22.8. The first-order chi connectivity index (χ1) is 12.0. The van der Waals surface area contributed by atoms with E-state index in [0.717, 1.165) is 0 Å². The lowest BCUT2D eigenvalue weighted by molar-refractivity contribution is 0.102. The van der Waals surface area contributed by atoms with Gasteiger partial charge in [-0.05, 0) is 31.5 Å². The highest BCUT2D eigenvalue weighted by molar-refractivity contribution is 7.91. The summed E-state index contributed by atoms with van der Waals surface area (Å²) in [6.07, 6.45) is 2.08. The number of sulfone groups is 1. The fourth-order valence-corrected chi connectivity index (χ4v) is 4.64. The molecule has 1 atom stereocenters. The molecule has 3 rings (SSSR count). The second kappa shape index (κ2) is 7.18. The van der Waals surface area contributed by atoms with Crippen molar-refractivity contribution >= 4 is 27.4 Å². The van der Waals surface area contributed by atoms with Gasteiger partial charge in [0.05, 0.1) is 11.5 Å². The number of hydrogen-bond acceptors (Lipinski definition) is 6. The standard InChI is InChI=1S/C17H20N4O3S/c1-2-21(14-9-11-25(23,24)12-14)17-18-10-8-15(20-17)16(22)19-13-6-4-3-5-7-13/h3-8,10,14H,2,9,11-12H2,1H3,(H,19,22). The van der Waals surface area contributed by atoms with Crippen molar-refractivity contribution in [1.29, 1.82) is 0 Å². The van der Waals surface area contributed by atoms with Gasteiger partial charge in [-0.2, -0.15) is 0 Å². The topological polar surface area (TPSA) is 92.3 Å². The Hall–Kier alpha value is -2.48. The summed E-state index contributed by atoms with van der Waals surface area (Å²) in [6.45, 7) is 2.49. The molecule has 7 nitrogen and oxygen atoms in total. The van der Waals surface area contributed by atoms with E-state index in [1.54, 1.807) is 18.2 Å². The Morgan fingerprint density at radius 2 is 2.04 bits per heavy atom. The van der Waals surface area contributed by atoms with Gasteiger partial charge in [0, 0.05) is 24.5 Å². The Kier molecular flexibility index (Phi) is 4.98. The third-order valence-corrected chi connectivity index (χ3v) is 5.90. The lowest BCUT2D eigenvalue weighted by Crippen LogP contribution is -2.37. The number of nitrogens with zero attached hydrogens (tertiary/aromatic N) is 3. The molecular weight excluding hydrogens is 340 g/mol. The summed E-state index contributed by atoms with van der Waals surface area (Å²) in [5.41, 5.74) is 0.926. The van der Waals surface area contributed by atoms with E-state index in [9.17, 15) is 13.2 Å². The van der Waals surface area contributed by atoms with Crippen LogP contribution in [0, 0.1) is 0 Å². The lowest BCUT2D eigenvalue weighted by atomic mass is 10.2. The van der Waals surface area contributed by atoms with Crippen LogP contribution in [-0.2, 0) is 9.84 Å². The molecule has 1 N–H and O–H groups in total. The fourth-order valence-electron chi connectivity index (χ4n) is 2.91. The van der Waals surface area contributed by atoms with Crippen molar-refractivity contribution in [3.8, 4) is 0 Å². The number of aromatic nitrogens is 2. The highest BCUT2D eigenvalue weighted by Gasteiger charge is 2.33. The van der Waals surface area contributed by atoms with Crippen molar-refractivity contribution in [2.24, 2.45) is 0 Å². The van der Waals surface area contributed by atoms with Crippen LogP contribution in [0.25, 0.3) is 0 Å².